The van der Waals surface area contributed by atoms with Crippen molar-refractivity contribution in [3.63, 3.8) is 0 Å². The van der Waals surface area contributed by atoms with E-state index < -0.39 is 0 Å². The third-order valence-corrected chi connectivity index (χ3v) is 2.65. The van der Waals surface area contributed by atoms with E-state index in [0.717, 1.165) is 31.7 Å². The molecule has 94 valence electrons. The molecule has 0 saturated heterocycles. The minimum absolute atomic E-state index is 0.431. The maximum atomic E-state index is 5.76. The first-order chi connectivity index (χ1) is 8.36. The van der Waals surface area contributed by atoms with Crippen LogP contribution in [-0.2, 0) is 0 Å². The third-order valence-electron chi connectivity index (χ3n) is 2.65. The minimum Gasteiger partial charge on any atom is -0.492 e. The van der Waals surface area contributed by atoms with Crippen molar-refractivity contribution >= 4 is 0 Å². The van der Waals surface area contributed by atoms with Gasteiger partial charge in [0, 0.05) is 6.04 Å². The van der Waals surface area contributed by atoms with E-state index in [4.69, 9.17) is 4.74 Å². The molecular formula is C15H23NO. The number of unbranched alkanes of at least 4 members (excludes halogenated alkanes) is 1. The molecule has 2 heteroatoms. The molecule has 0 aliphatic heterocycles. The van der Waals surface area contributed by atoms with Gasteiger partial charge in [-0.2, -0.15) is 0 Å². The highest BCUT2D eigenvalue weighted by molar-refractivity contribution is 5.20. The second kappa shape index (κ2) is 8.82. The van der Waals surface area contributed by atoms with Gasteiger partial charge in [-0.15, -0.1) is 6.58 Å². The fraction of sp³-hybridized carbons (Fsp3) is 0.467. The van der Waals surface area contributed by atoms with Crippen LogP contribution in [0.15, 0.2) is 43.0 Å². The van der Waals surface area contributed by atoms with Gasteiger partial charge < -0.3 is 10.1 Å². The van der Waals surface area contributed by atoms with E-state index in [1.54, 1.807) is 0 Å². The van der Waals surface area contributed by atoms with Crippen molar-refractivity contribution in [3.8, 4) is 5.75 Å². The Morgan fingerprint density at radius 2 is 2.12 bits per heavy atom. The zero-order valence-corrected chi connectivity index (χ0v) is 10.7. The monoisotopic (exact) mass is 233 g/mol. The first kappa shape index (κ1) is 13.8. The lowest BCUT2D eigenvalue weighted by molar-refractivity contribution is 0.256. The Morgan fingerprint density at radius 3 is 2.76 bits per heavy atom. The molecule has 1 unspecified atom stereocenters. The highest BCUT2D eigenvalue weighted by atomic mass is 16.5. The van der Waals surface area contributed by atoms with Crippen molar-refractivity contribution in [2.75, 3.05) is 13.2 Å². The van der Waals surface area contributed by atoms with Gasteiger partial charge in [0.25, 0.3) is 0 Å². The van der Waals surface area contributed by atoms with Gasteiger partial charge in [0.1, 0.15) is 12.4 Å². The number of likely N-dealkylation sites (N-methyl/N-ethyl adjacent to an activating group) is 1. The number of benzene rings is 1. The number of para-hydroxylation sites is 1. The first-order valence-electron chi connectivity index (χ1n) is 6.39. The molecule has 0 aliphatic rings. The molecule has 0 amide bonds. The highest BCUT2D eigenvalue weighted by Gasteiger charge is 2.07. The average Bonchev–Trinajstić information content (AvgIpc) is 2.37. The van der Waals surface area contributed by atoms with E-state index in [-0.39, 0.29) is 0 Å². The largest absolute Gasteiger partial charge is 0.492 e. The maximum absolute atomic E-state index is 5.76. The predicted octanol–water partition coefficient (Wildman–Crippen LogP) is 3.40. The lowest BCUT2D eigenvalue weighted by atomic mass is 10.1. The SMILES string of the molecule is C=CCCCC(COc1ccccc1)NCC. The van der Waals surface area contributed by atoms with Crippen LogP contribution in [0.4, 0.5) is 0 Å². The van der Waals surface area contributed by atoms with Crippen LogP contribution in [-0.4, -0.2) is 19.2 Å². The van der Waals surface area contributed by atoms with Crippen molar-refractivity contribution in [2.24, 2.45) is 0 Å². The van der Waals surface area contributed by atoms with E-state index >= 15 is 0 Å². The summed E-state index contributed by atoms with van der Waals surface area (Å²) in [7, 11) is 0. The second-order valence-corrected chi connectivity index (χ2v) is 4.10. The van der Waals surface area contributed by atoms with Gasteiger partial charge in [-0.25, -0.2) is 0 Å². The lowest BCUT2D eigenvalue weighted by Crippen LogP contribution is -2.34. The zero-order valence-electron chi connectivity index (χ0n) is 10.7. The summed E-state index contributed by atoms with van der Waals surface area (Å²) in [5.74, 6) is 0.944. The van der Waals surface area contributed by atoms with Crippen LogP contribution >= 0.6 is 0 Å². The zero-order chi connectivity index (χ0) is 12.3. The fourth-order valence-corrected chi connectivity index (χ4v) is 1.76. The van der Waals surface area contributed by atoms with Gasteiger partial charge in [-0.1, -0.05) is 31.2 Å². The van der Waals surface area contributed by atoms with E-state index in [1.807, 2.05) is 36.4 Å². The van der Waals surface area contributed by atoms with Crippen molar-refractivity contribution < 1.29 is 4.74 Å². The summed E-state index contributed by atoms with van der Waals surface area (Å²) in [5.41, 5.74) is 0. The molecule has 0 heterocycles. The Bertz CT molecular complexity index is 297. The maximum Gasteiger partial charge on any atom is 0.119 e. The predicted molar refractivity (Wildman–Crippen MR) is 73.4 cm³/mol. The molecule has 2 nitrogen and oxygen atoms in total. The van der Waals surface area contributed by atoms with Crippen LogP contribution in [0.25, 0.3) is 0 Å². The fourth-order valence-electron chi connectivity index (χ4n) is 1.76. The molecule has 0 radical (unpaired) electrons. The Morgan fingerprint density at radius 1 is 1.35 bits per heavy atom. The number of hydrogen-bond acceptors (Lipinski definition) is 2. The van der Waals surface area contributed by atoms with E-state index in [0.29, 0.717) is 6.04 Å². The van der Waals surface area contributed by atoms with Gasteiger partial charge in [0.15, 0.2) is 0 Å². The van der Waals surface area contributed by atoms with Crippen LogP contribution in [0.1, 0.15) is 26.2 Å². The van der Waals surface area contributed by atoms with Crippen LogP contribution in [0, 0.1) is 0 Å². The molecule has 1 aromatic carbocycles. The van der Waals surface area contributed by atoms with E-state index in [9.17, 15) is 0 Å². The first-order valence-corrected chi connectivity index (χ1v) is 6.39. The molecule has 1 N–H and O–H groups in total. The molecule has 1 rings (SSSR count). The smallest absolute Gasteiger partial charge is 0.119 e. The number of ether oxygens (including phenoxy) is 1. The van der Waals surface area contributed by atoms with Crippen LogP contribution < -0.4 is 10.1 Å². The van der Waals surface area contributed by atoms with E-state index in [2.05, 4.69) is 18.8 Å². The van der Waals surface area contributed by atoms with Gasteiger partial charge in [-0.05, 0) is 37.9 Å². The summed E-state index contributed by atoms with van der Waals surface area (Å²) in [6.07, 6.45) is 5.35. The molecular weight excluding hydrogens is 210 g/mol. The highest BCUT2D eigenvalue weighted by Crippen LogP contribution is 2.10. The summed E-state index contributed by atoms with van der Waals surface area (Å²) >= 11 is 0. The molecule has 1 atom stereocenters. The normalized spacial score (nSPS) is 12.1. The molecule has 0 bridgehead atoms. The summed E-state index contributed by atoms with van der Waals surface area (Å²) in [6.45, 7) is 7.59. The summed E-state index contributed by atoms with van der Waals surface area (Å²) in [4.78, 5) is 0. The molecule has 1 aromatic rings. The standard InChI is InChI=1S/C15H23NO/c1-3-5-7-10-14(16-4-2)13-17-15-11-8-6-9-12-15/h3,6,8-9,11-12,14,16H,1,4-5,7,10,13H2,2H3. The molecule has 0 aromatic heterocycles. The topological polar surface area (TPSA) is 21.3 Å². The average molecular weight is 233 g/mol. The Balaban J connectivity index is 2.30. The van der Waals surface area contributed by atoms with Crippen LogP contribution in [0.5, 0.6) is 5.75 Å². The number of nitrogens with one attached hydrogen (secondary N) is 1. The Hall–Kier alpha value is -1.28. The minimum atomic E-state index is 0.431. The van der Waals surface area contributed by atoms with E-state index in [1.165, 1.54) is 6.42 Å². The number of rotatable bonds is 9. The number of hydrogen-bond donors (Lipinski definition) is 1. The third kappa shape index (κ3) is 6.12. The Kier molecular flexibility index (Phi) is 7.15. The molecule has 0 spiro atoms. The van der Waals surface area contributed by atoms with Crippen LogP contribution in [0.2, 0.25) is 0 Å². The molecule has 0 aliphatic carbocycles. The van der Waals surface area contributed by atoms with Crippen molar-refractivity contribution in [3.05, 3.63) is 43.0 Å². The summed E-state index contributed by atoms with van der Waals surface area (Å²) < 4.78 is 5.76. The Labute approximate surface area is 105 Å². The van der Waals surface area contributed by atoms with Gasteiger partial charge >= 0.3 is 0 Å². The summed E-state index contributed by atoms with van der Waals surface area (Å²) in [5, 5.41) is 3.45. The number of allylic oxidation sites excluding steroid dienone is 1. The quantitative estimate of drug-likeness (QED) is 0.521. The van der Waals surface area contributed by atoms with Crippen molar-refractivity contribution in [1.29, 1.82) is 0 Å². The van der Waals surface area contributed by atoms with Crippen molar-refractivity contribution in [2.45, 2.75) is 32.2 Å². The van der Waals surface area contributed by atoms with Gasteiger partial charge in [-0.3, -0.25) is 0 Å². The molecule has 0 saturated carbocycles. The van der Waals surface area contributed by atoms with Crippen molar-refractivity contribution in [1.82, 2.24) is 5.32 Å². The lowest BCUT2D eigenvalue weighted by Gasteiger charge is -2.18. The second-order valence-electron chi connectivity index (χ2n) is 4.10. The molecule has 0 fully saturated rings. The summed E-state index contributed by atoms with van der Waals surface area (Å²) in [6, 6.07) is 10.4. The van der Waals surface area contributed by atoms with Crippen LogP contribution in [0.3, 0.4) is 0 Å². The molecule has 17 heavy (non-hydrogen) atoms. The van der Waals surface area contributed by atoms with Gasteiger partial charge in [0.2, 0.25) is 0 Å². The van der Waals surface area contributed by atoms with Gasteiger partial charge in [0.05, 0.1) is 0 Å².